The van der Waals surface area contributed by atoms with Gasteiger partial charge in [-0.2, -0.15) is 0 Å². The fourth-order valence-electron chi connectivity index (χ4n) is 2.95. The van der Waals surface area contributed by atoms with Crippen LogP contribution in [0.25, 0.3) is 0 Å². The molecule has 1 saturated carbocycles. The molecule has 1 aliphatic heterocycles. The van der Waals surface area contributed by atoms with E-state index in [-0.39, 0.29) is 7.12 Å². The average molecular weight is 274 g/mol. The fourth-order valence-corrected chi connectivity index (χ4v) is 3.53. The number of hydrogen-bond donors (Lipinski definition) is 0. The van der Waals surface area contributed by atoms with E-state index in [0.717, 1.165) is 11.5 Å². The van der Waals surface area contributed by atoms with Crippen molar-refractivity contribution in [2.75, 3.05) is 6.26 Å². The number of hydrogen-bond acceptors (Lipinski definition) is 3. The van der Waals surface area contributed by atoms with Crippen molar-refractivity contribution >= 4 is 18.9 Å². The lowest BCUT2D eigenvalue weighted by atomic mass is 9.67. The largest absolute Gasteiger partial charge is 0.629 e. The van der Waals surface area contributed by atoms with E-state index in [0.29, 0.717) is 5.92 Å². The summed E-state index contributed by atoms with van der Waals surface area (Å²) >= 11 is 1.75. The van der Waals surface area contributed by atoms with E-state index in [4.69, 9.17) is 9.31 Å². The SMILES string of the molecule is CS/C=C(/B1Oc2ccccc2O1)C1CCCCC1. The zero-order valence-corrected chi connectivity index (χ0v) is 12.1. The molecule has 1 fully saturated rings. The van der Waals surface area contributed by atoms with E-state index in [2.05, 4.69) is 11.7 Å². The van der Waals surface area contributed by atoms with Crippen LogP contribution < -0.4 is 9.31 Å². The predicted molar refractivity (Wildman–Crippen MR) is 81.6 cm³/mol. The van der Waals surface area contributed by atoms with Crippen LogP contribution in [0.4, 0.5) is 0 Å². The Hall–Kier alpha value is -1.03. The van der Waals surface area contributed by atoms with Crippen LogP contribution in [-0.2, 0) is 0 Å². The summed E-state index contributed by atoms with van der Waals surface area (Å²) in [6.45, 7) is 0. The van der Waals surface area contributed by atoms with E-state index in [9.17, 15) is 0 Å². The second kappa shape index (κ2) is 5.95. The smallest absolute Gasteiger partial charge is 0.519 e. The lowest BCUT2D eigenvalue weighted by Gasteiger charge is -2.24. The zero-order chi connectivity index (χ0) is 13.1. The summed E-state index contributed by atoms with van der Waals surface area (Å²) < 4.78 is 11.9. The first-order valence-electron chi connectivity index (χ1n) is 7.03. The highest BCUT2D eigenvalue weighted by Gasteiger charge is 2.39. The van der Waals surface area contributed by atoms with Crippen molar-refractivity contribution in [3.8, 4) is 11.5 Å². The number of rotatable bonds is 3. The Bertz CT molecular complexity index is 444. The van der Waals surface area contributed by atoms with E-state index >= 15 is 0 Å². The molecule has 0 bridgehead atoms. The van der Waals surface area contributed by atoms with Crippen molar-refractivity contribution in [2.45, 2.75) is 32.1 Å². The van der Waals surface area contributed by atoms with Gasteiger partial charge in [0.15, 0.2) is 0 Å². The molecule has 0 N–H and O–H groups in total. The van der Waals surface area contributed by atoms with Gasteiger partial charge in [0, 0.05) is 0 Å². The van der Waals surface area contributed by atoms with Gasteiger partial charge in [0.05, 0.1) is 0 Å². The van der Waals surface area contributed by atoms with Gasteiger partial charge in [0.2, 0.25) is 0 Å². The van der Waals surface area contributed by atoms with Gasteiger partial charge in [-0.3, -0.25) is 0 Å². The predicted octanol–water partition coefficient (Wildman–Crippen LogP) is 4.31. The summed E-state index contributed by atoms with van der Waals surface area (Å²) in [5.74, 6) is 2.37. The highest BCUT2D eigenvalue weighted by atomic mass is 32.2. The van der Waals surface area contributed by atoms with E-state index < -0.39 is 0 Å². The third-order valence-electron chi connectivity index (χ3n) is 3.92. The van der Waals surface area contributed by atoms with Crippen molar-refractivity contribution in [3.05, 3.63) is 35.1 Å². The Morgan fingerprint density at radius 1 is 1.16 bits per heavy atom. The molecule has 100 valence electrons. The topological polar surface area (TPSA) is 18.5 Å². The molecule has 0 aromatic heterocycles. The van der Waals surface area contributed by atoms with Gasteiger partial charge in [-0.1, -0.05) is 31.4 Å². The molecule has 0 unspecified atom stereocenters. The van der Waals surface area contributed by atoms with Gasteiger partial charge >= 0.3 is 7.12 Å². The fraction of sp³-hybridized carbons (Fsp3) is 0.467. The molecule has 0 amide bonds. The standard InChI is InChI=1S/C15H19BO2S/c1-19-11-13(12-7-3-2-4-8-12)16-17-14-9-5-6-10-15(14)18-16/h5-6,9-12H,2-4,7-8H2,1H3/b13-11+. The molecule has 0 saturated heterocycles. The number of benzene rings is 1. The molecule has 1 aromatic rings. The normalized spacial score (nSPS) is 19.8. The first kappa shape index (κ1) is 13.0. The molecular weight excluding hydrogens is 255 g/mol. The molecule has 0 spiro atoms. The quantitative estimate of drug-likeness (QED) is 0.765. The minimum atomic E-state index is -0.215. The third-order valence-corrected chi connectivity index (χ3v) is 4.43. The molecule has 2 nitrogen and oxygen atoms in total. The number of fused-ring (bicyclic) bond motifs is 1. The Morgan fingerprint density at radius 3 is 2.37 bits per heavy atom. The molecule has 2 aliphatic rings. The Balaban J connectivity index is 1.77. The van der Waals surface area contributed by atoms with E-state index in [1.54, 1.807) is 11.8 Å². The second-order valence-corrected chi connectivity index (χ2v) is 5.91. The molecule has 0 atom stereocenters. The first-order valence-corrected chi connectivity index (χ1v) is 8.32. The highest BCUT2D eigenvalue weighted by Crippen LogP contribution is 2.39. The number of thioether (sulfide) groups is 1. The summed E-state index contributed by atoms with van der Waals surface area (Å²) in [4.78, 5) is 0. The van der Waals surface area contributed by atoms with Crippen LogP contribution in [0.15, 0.2) is 35.1 Å². The van der Waals surface area contributed by atoms with Crippen LogP contribution in [0.3, 0.4) is 0 Å². The maximum atomic E-state index is 5.97. The molecule has 0 radical (unpaired) electrons. The lowest BCUT2D eigenvalue weighted by Crippen LogP contribution is -2.32. The minimum Gasteiger partial charge on any atom is -0.519 e. The molecule has 1 aromatic carbocycles. The lowest BCUT2D eigenvalue weighted by molar-refractivity contribution is 0.397. The summed E-state index contributed by atoms with van der Waals surface area (Å²) in [5.41, 5.74) is 1.32. The summed E-state index contributed by atoms with van der Waals surface area (Å²) in [7, 11) is -0.215. The second-order valence-electron chi connectivity index (χ2n) is 5.20. The summed E-state index contributed by atoms with van der Waals surface area (Å²) in [6.07, 6.45) is 8.67. The van der Waals surface area contributed by atoms with Crippen molar-refractivity contribution < 1.29 is 9.31 Å². The van der Waals surface area contributed by atoms with Gasteiger partial charge in [0.1, 0.15) is 11.5 Å². The number of allylic oxidation sites excluding steroid dienone is 1. The van der Waals surface area contributed by atoms with E-state index in [1.165, 1.54) is 37.6 Å². The van der Waals surface area contributed by atoms with Gasteiger partial charge in [0.25, 0.3) is 0 Å². The number of para-hydroxylation sites is 2. The van der Waals surface area contributed by atoms with Crippen LogP contribution in [0.2, 0.25) is 0 Å². The van der Waals surface area contributed by atoms with Gasteiger partial charge < -0.3 is 9.31 Å². The Kier molecular flexibility index (Phi) is 4.07. The van der Waals surface area contributed by atoms with Crippen LogP contribution in [0, 0.1) is 5.92 Å². The third kappa shape index (κ3) is 2.78. The van der Waals surface area contributed by atoms with Gasteiger partial charge in [-0.05, 0) is 48.0 Å². The van der Waals surface area contributed by atoms with Crippen molar-refractivity contribution in [1.29, 1.82) is 0 Å². The monoisotopic (exact) mass is 274 g/mol. The van der Waals surface area contributed by atoms with Crippen molar-refractivity contribution in [3.63, 3.8) is 0 Å². The minimum absolute atomic E-state index is 0.215. The van der Waals surface area contributed by atoms with Crippen LogP contribution in [0.1, 0.15) is 32.1 Å². The summed E-state index contributed by atoms with van der Waals surface area (Å²) in [5, 5.41) is 2.23. The maximum absolute atomic E-state index is 5.97. The van der Waals surface area contributed by atoms with Crippen LogP contribution in [-0.4, -0.2) is 13.4 Å². The Labute approximate surface area is 119 Å². The average Bonchev–Trinajstić information content (AvgIpc) is 2.89. The molecule has 1 aliphatic carbocycles. The summed E-state index contributed by atoms with van der Waals surface area (Å²) in [6, 6.07) is 7.94. The highest BCUT2D eigenvalue weighted by molar-refractivity contribution is 8.01. The molecule has 3 rings (SSSR count). The zero-order valence-electron chi connectivity index (χ0n) is 11.3. The van der Waals surface area contributed by atoms with E-state index in [1.807, 2.05) is 24.3 Å². The van der Waals surface area contributed by atoms with Crippen molar-refractivity contribution in [1.82, 2.24) is 0 Å². The Morgan fingerprint density at radius 2 is 1.79 bits per heavy atom. The van der Waals surface area contributed by atoms with Gasteiger partial charge in [-0.25, -0.2) is 0 Å². The van der Waals surface area contributed by atoms with Crippen LogP contribution in [0.5, 0.6) is 11.5 Å². The molecule has 4 heteroatoms. The van der Waals surface area contributed by atoms with Crippen molar-refractivity contribution in [2.24, 2.45) is 5.92 Å². The van der Waals surface area contributed by atoms with Gasteiger partial charge in [-0.15, -0.1) is 11.8 Å². The first-order chi connectivity index (χ1) is 9.38. The maximum Gasteiger partial charge on any atom is 0.629 e. The van der Waals surface area contributed by atoms with Crippen LogP contribution >= 0.6 is 11.8 Å². The molecule has 1 heterocycles. The molecular formula is C15H19BO2S. The molecule has 19 heavy (non-hydrogen) atoms.